The molecule has 4 rings (SSSR count). The molecule has 2 aliphatic rings. The van der Waals surface area contributed by atoms with Crippen molar-refractivity contribution in [2.75, 3.05) is 39.3 Å². The zero-order valence-corrected chi connectivity index (χ0v) is 19.0. The van der Waals surface area contributed by atoms with E-state index >= 15 is 0 Å². The van der Waals surface area contributed by atoms with E-state index in [0.29, 0.717) is 30.9 Å². The van der Waals surface area contributed by atoms with Crippen molar-refractivity contribution in [2.24, 2.45) is 0 Å². The van der Waals surface area contributed by atoms with Crippen LogP contribution in [0.4, 0.5) is 14.9 Å². The van der Waals surface area contributed by atoms with E-state index in [2.05, 4.69) is 10.2 Å². The summed E-state index contributed by atoms with van der Waals surface area (Å²) in [5.74, 6) is 1.30. The quantitative estimate of drug-likeness (QED) is 0.775. The number of urea groups is 1. The van der Waals surface area contributed by atoms with E-state index in [0.717, 1.165) is 34.5 Å². The molecule has 6 nitrogen and oxygen atoms in total. The van der Waals surface area contributed by atoms with Crippen LogP contribution in [-0.4, -0.2) is 57.5 Å². The molecule has 2 aromatic rings. The molecular weight excluding hydrogens is 409 g/mol. The zero-order chi connectivity index (χ0) is 22.8. The lowest BCUT2D eigenvalue weighted by Gasteiger charge is -2.24. The number of anilines is 1. The molecule has 0 aromatic heterocycles. The molecule has 2 aromatic carbocycles. The summed E-state index contributed by atoms with van der Waals surface area (Å²) >= 11 is 0. The molecule has 2 aliphatic heterocycles. The number of fused-ring (bicyclic) bond motifs is 1. The molecule has 1 fully saturated rings. The average Bonchev–Trinajstić information content (AvgIpc) is 3.19. The molecule has 0 radical (unpaired) electrons. The smallest absolute Gasteiger partial charge is 0.321 e. The number of alkyl halides is 1. The van der Waals surface area contributed by atoms with Crippen LogP contribution in [-0.2, 0) is 6.42 Å². The minimum Gasteiger partial charge on any atom is -0.493 e. The van der Waals surface area contributed by atoms with Gasteiger partial charge in [-0.15, -0.1) is 0 Å². The van der Waals surface area contributed by atoms with Gasteiger partial charge < -0.3 is 19.7 Å². The number of benzene rings is 2. The molecule has 1 N–H and O–H groups in total. The third-order valence-corrected chi connectivity index (χ3v) is 6.28. The Balaban J connectivity index is 1.80. The van der Waals surface area contributed by atoms with Gasteiger partial charge in [0.25, 0.3) is 0 Å². The molecule has 0 aliphatic carbocycles. The van der Waals surface area contributed by atoms with Gasteiger partial charge in [0.2, 0.25) is 0 Å². The molecule has 0 saturated carbocycles. The second-order valence-corrected chi connectivity index (χ2v) is 8.30. The molecule has 2 heterocycles. The number of amides is 2. The van der Waals surface area contributed by atoms with Crippen molar-refractivity contribution in [1.29, 1.82) is 0 Å². The van der Waals surface area contributed by atoms with E-state index in [1.807, 2.05) is 49.5 Å². The molecule has 2 amide bonds. The second kappa shape index (κ2) is 9.10. The maximum Gasteiger partial charge on any atom is 0.321 e. The summed E-state index contributed by atoms with van der Waals surface area (Å²) in [6.45, 7) is 3.19. The van der Waals surface area contributed by atoms with E-state index in [9.17, 15) is 9.18 Å². The Morgan fingerprint density at radius 3 is 2.41 bits per heavy atom. The minimum absolute atomic E-state index is 0.0466. The Morgan fingerprint density at radius 2 is 1.81 bits per heavy atom. The third kappa shape index (κ3) is 4.11. The molecule has 1 saturated heterocycles. The van der Waals surface area contributed by atoms with Gasteiger partial charge in [-0.2, -0.15) is 0 Å². The first-order valence-electron chi connectivity index (χ1n) is 10.9. The topological polar surface area (TPSA) is 54.0 Å². The molecule has 7 heteroatoms. The van der Waals surface area contributed by atoms with Crippen LogP contribution in [0, 0.1) is 0 Å². The first kappa shape index (κ1) is 22.0. The highest BCUT2D eigenvalue weighted by molar-refractivity contribution is 5.87. The standard InChI is InChI=1S/C25H30FN3O3/c1-16-11-18-12-23(31-3)24(32-4)13-21(18)22(15-29(16)25(30)27-2)17-5-7-20(8-6-17)28-10-9-19(26)14-28/h5-8,12-13,15-16,19H,9-11,14H2,1-4H3,(H,27,30)/t16?,19-/m0/s1. The molecule has 32 heavy (non-hydrogen) atoms. The van der Waals surface area contributed by atoms with Crippen LogP contribution in [0.3, 0.4) is 0 Å². The lowest BCUT2D eigenvalue weighted by Crippen LogP contribution is -2.40. The van der Waals surface area contributed by atoms with Gasteiger partial charge in [0.15, 0.2) is 11.5 Å². The van der Waals surface area contributed by atoms with Crippen LogP contribution in [0.5, 0.6) is 11.5 Å². The monoisotopic (exact) mass is 439 g/mol. The Kier molecular flexibility index (Phi) is 6.26. The highest BCUT2D eigenvalue weighted by Crippen LogP contribution is 2.39. The van der Waals surface area contributed by atoms with Crippen LogP contribution in [0.1, 0.15) is 30.0 Å². The summed E-state index contributed by atoms with van der Waals surface area (Å²) in [4.78, 5) is 16.4. The number of halogens is 1. The number of nitrogens with one attached hydrogen (secondary N) is 1. The maximum absolute atomic E-state index is 13.6. The van der Waals surface area contributed by atoms with Crippen molar-refractivity contribution in [1.82, 2.24) is 10.2 Å². The van der Waals surface area contributed by atoms with E-state index in [-0.39, 0.29) is 12.1 Å². The fourth-order valence-corrected chi connectivity index (χ4v) is 4.52. The Hall–Kier alpha value is -3.22. The number of carbonyl (C=O) groups is 1. The van der Waals surface area contributed by atoms with Crippen molar-refractivity contribution in [3.8, 4) is 11.5 Å². The van der Waals surface area contributed by atoms with Crippen LogP contribution >= 0.6 is 0 Å². The van der Waals surface area contributed by atoms with E-state index in [1.54, 1.807) is 26.2 Å². The van der Waals surface area contributed by atoms with E-state index in [1.165, 1.54) is 0 Å². The Morgan fingerprint density at radius 1 is 1.12 bits per heavy atom. The van der Waals surface area contributed by atoms with Crippen molar-refractivity contribution in [3.63, 3.8) is 0 Å². The van der Waals surface area contributed by atoms with Gasteiger partial charge in [0.05, 0.1) is 14.2 Å². The summed E-state index contributed by atoms with van der Waals surface area (Å²) in [6, 6.07) is 11.9. The highest BCUT2D eigenvalue weighted by Gasteiger charge is 2.27. The molecule has 1 unspecified atom stereocenters. The number of hydrogen-bond acceptors (Lipinski definition) is 4. The van der Waals surface area contributed by atoms with Gasteiger partial charge >= 0.3 is 6.03 Å². The van der Waals surface area contributed by atoms with Gasteiger partial charge in [-0.25, -0.2) is 9.18 Å². The lowest BCUT2D eigenvalue weighted by molar-refractivity contribution is 0.205. The summed E-state index contributed by atoms with van der Waals surface area (Å²) in [7, 11) is 4.87. The normalized spacial score (nSPS) is 20.3. The van der Waals surface area contributed by atoms with E-state index in [4.69, 9.17) is 9.47 Å². The van der Waals surface area contributed by atoms with Gasteiger partial charge in [-0.05, 0) is 60.7 Å². The van der Waals surface area contributed by atoms with Crippen LogP contribution < -0.4 is 19.7 Å². The number of nitrogens with zero attached hydrogens (tertiary/aromatic N) is 2. The summed E-state index contributed by atoms with van der Waals surface area (Å²) in [5, 5.41) is 2.74. The van der Waals surface area contributed by atoms with Gasteiger partial charge in [-0.1, -0.05) is 12.1 Å². The first-order chi connectivity index (χ1) is 15.4. The summed E-state index contributed by atoms with van der Waals surface area (Å²) in [5.41, 5.74) is 4.98. The van der Waals surface area contributed by atoms with Crippen LogP contribution in [0.25, 0.3) is 5.57 Å². The van der Waals surface area contributed by atoms with Crippen molar-refractivity contribution in [3.05, 3.63) is 59.3 Å². The molecular formula is C25H30FN3O3. The Bertz CT molecular complexity index is 1020. The third-order valence-electron chi connectivity index (χ3n) is 6.28. The van der Waals surface area contributed by atoms with Gasteiger partial charge in [0, 0.05) is 43.6 Å². The average molecular weight is 440 g/mol. The number of carbonyl (C=O) groups excluding carboxylic acids is 1. The minimum atomic E-state index is -0.767. The number of rotatable bonds is 4. The largest absolute Gasteiger partial charge is 0.493 e. The zero-order valence-electron chi connectivity index (χ0n) is 19.0. The SMILES string of the molecule is CNC(=O)N1C=C(c2ccc(N3CC[C@H](F)C3)cc2)c2cc(OC)c(OC)cc2CC1C. The lowest BCUT2D eigenvalue weighted by atomic mass is 9.92. The van der Waals surface area contributed by atoms with Crippen molar-refractivity contribution < 1.29 is 18.7 Å². The Labute approximate surface area is 188 Å². The molecule has 2 atom stereocenters. The van der Waals surface area contributed by atoms with Gasteiger partial charge in [-0.3, -0.25) is 4.90 Å². The molecule has 0 bridgehead atoms. The molecule has 170 valence electrons. The van der Waals surface area contributed by atoms with E-state index < -0.39 is 6.17 Å². The second-order valence-electron chi connectivity index (χ2n) is 8.30. The predicted molar refractivity (Wildman–Crippen MR) is 124 cm³/mol. The maximum atomic E-state index is 13.6. The summed E-state index contributed by atoms with van der Waals surface area (Å²) < 4.78 is 24.7. The number of methoxy groups -OCH3 is 2. The summed E-state index contributed by atoms with van der Waals surface area (Å²) in [6.07, 6.45) is 2.38. The van der Waals surface area contributed by atoms with Crippen molar-refractivity contribution >= 4 is 17.3 Å². The van der Waals surface area contributed by atoms with Gasteiger partial charge in [0.1, 0.15) is 6.17 Å². The molecule has 0 spiro atoms. The highest BCUT2D eigenvalue weighted by atomic mass is 19.1. The number of ether oxygens (including phenoxy) is 2. The predicted octanol–water partition coefficient (Wildman–Crippen LogP) is 4.23. The van der Waals surface area contributed by atoms with Crippen molar-refractivity contribution in [2.45, 2.75) is 32.0 Å². The van der Waals surface area contributed by atoms with Crippen LogP contribution in [0.15, 0.2) is 42.6 Å². The fraction of sp³-hybridized carbons (Fsp3) is 0.400. The first-order valence-corrected chi connectivity index (χ1v) is 10.9. The number of hydrogen-bond donors (Lipinski definition) is 1. The van der Waals surface area contributed by atoms with Crippen LogP contribution in [0.2, 0.25) is 0 Å². The fourth-order valence-electron chi connectivity index (χ4n) is 4.52.